The van der Waals surface area contributed by atoms with E-state index in [0.717, 1.165) is 0 Å². The van der Waals surface area contributed by atoms with Gasteiger partial charge in [0.25, 0.3) is 0 Å². The van der Waals surface area contributed by atoms with Gasteiger partial charge in [0.2, 0.25) is 11.8 Å². The summed E-state index contributed by atoms with van der Waals surface area (Å²) in [7, 11) is 1.58. The van der Waals surface area contributed by atoms with Gasteiger partial charge in [-0.05, 0) is 18.2 Å². The van der Waals surface area contributed by atoms with Crippen LogP contribution in [0.3, 0.4) is 0 Å². The molecule has 1 aromatic carbocycles. The lowest BCUT2D eigenvalue weighted by atomic mass is 10.2. The molecular formula is C14H17N3O4. The van der Waals surface area contributed by atoms with Crippen LogP contribution in [0.2, 0.25) is 0 Å². The molecule has 1 fully saturated rings. The molecule has 1 saturated heterocycles. The third-order valence-electron chi connectivity index (χ3n) is 3.21. The Morgan fingerprint density at radius 3 is 3.24 bits per heavy atom. The van der Waals surface area contributed by atoms with Crippen LogP contribution in [0, 0.1) is 0 Å². The molecule has 2 N–H and O–H groups in total. The van der Waals surface area contributed by atoms with Crippen LogP contribution in [0.5, 0.6) is 0 Å². The summed E-state index contributed by atoms with van der Waals surface area (Å²) in [5.41, 5.74) is 2.03. The lowest BCUT2D eigenvalue weighted by Crippen LogP contribution is -2.48. The van der Waals surface area contributed by atoms with Crippen molar-refractivity contribution < 1.29 is 18.7 Å². The van der Waals surface area contributed by atoms with E-state index in [1.807, 2.05) is 0 Å². The molecule has 0 bridgehead atoms. The number of carbonyl (C=O) groups is 1. The Bertz CT molecular complexity index is 634. The van der Waals surface area contributed by atoms with Crippen molar-refractivity contribution in [3.8, 4) is 0 Å². The highest BCUT2D eigenvalue weighted by Crippen LogP contribution is 2.20. The molecule has 1 atom stereocenters. The first kappa shape index (κ1) is 14.0. The number of hydrogen-bond donors (Lipinski definition) is 2. The maximum atomic E-state index is 12.1. The Labute approximate surface area is 121 Å². The highest BCUT2D eigenvalue weighted by atomic mass is 16.5. The number of nitrogens with zero attached hydrogens (tertiary/aromatic N) is 1. The predicted octanol–water partition coefficient (Wildman–Crippen LogP) is 0.901. The molecule has 1 aliphatic heterocycles. The van der Waals surface area contributed by atoms with Crippen molar-refractivity contribution in [2.75, 3.05) is 32.2 Å². The number of fused-ring (bicyclic) bond motifs is 1. The molecule has 7 nitrogen and oxygen atoms in total. The highest BCUT2D eigenvalue weighted by Gasteiger charge is 2.21. The Morgan fingerprint density at radius 1 is 1.57 bits per heavy atom. The summed E-state index contributed by atoms with van der Waals surface area (Å²) in [6.07, 6.45) is 0. The number of hydrogen-bond acceptors (Lipinski definition) is 6. The Balaban J connectivity index is 1.72. The number of rotatable bonds is 4. The minimum absolute atomic E-state index is 0.116. The largest absolute Gasteiger partial charge is 0.438 e. The second kappa shape index (κ2) is 6.21. The number of oxazole rings is 1. The summed E-state index contributed by atoms with van der Waals surface area (Å²) in [4.78, 5) is 16.4. The molecule has 7 heteroatoms. The summed E-state index contributed by atoms with van der Waals surface area (Å²) in [5, 5.41) is 5.96. The number of benzene rings is 1. The zero-order valence-corrected chi connectivity index (χ0v) is 11.7. The van der Waals surface area contributed by atoms with Gasteiger partial charge in [-0.3, -0.25) is 4.79 Å². The number of methoxy groups -OCH3 is 1. The van der Waals surface area contributed by atoms with Gasteiger partial charge in [-0.2, -0.15) is 0 Å². The maximum absolute atomic E-state index is 12.1. The lowest BCUT2D eigenvalue weighted by molar-refractivity contribution is -0.120. The van der Waals surface area contributed by atoms with Gasteiger partial charge in [0.15, 0.2) is 5.58 Å². The van der Waals surface area contributed by atoms with Crippen molar-refractivity contribution in [1.29, 1.82) is 0 Å². The second-order valence-corrected chi connectivity index (χ2v) is 4.79. The fraction of sp³-hybridized carbons (Fsp3) is 0.429. The average Bonchev–Trinajstić information content (AvgIpc) is 2.90. The van der Waals surface area contributed by atoms with Crippen molar-refractivity contribution >= 4 is 22.7 Å². The van der Waals surface area contributed by atoms with E-state index in [-0.39, 0.29) is 11.9 Å². The van der Waals surface area contributed by atoms with Crippen LogP contribution in [0.4, 0.5) is 5.69 Å². The summed E-state index contributed by atoms with van der Waals surface area (Å²) in [6.45, 7) is 2.02. The molecule has 3 rings (SSSR count). The molecule has 1 amide bonds. The molecule has 1 aromatic heterocycles. The first-order chi connectivity index (χ1) is 10.3. The molecule has 21 heavy (non-hydrogen) atoms. The third kappa shape index (κ3) is 3.21. The molecule has 0 saturated carbocycles. The van der Waals surface area contributed by atoms with E-state index in [9.17, 15) is 4.79 Å². The van der Waals surface area contributed by atoms with Crippen LogP contribution < -0.4 is 10.6 Å². The van der Waals surface area contributed by atoms with E-state index < -0.39 is 0 Å². The quantitative estimate of drug-likeness (QED) is 0.870. The first-order valence-electron chi connectivity index (χ1n) is 6.76. The van der Waals surface area contributed by atoms with E-state index >= 15 is 0 Å². The average molecular weight is 291 g/mol. The van der Waals surface area contributed by atoms with Gasteiger partial charge in [-0.1, -0.05) is 0 Å². The van der Waals surface area contributed by atoms with E-state index in [0.29, 0.717) is 49.0 Å². The normalized spacial score (nSPS) is 18.8. The highest BCUT2D eigenvalue weighted by molar-refractivity contribution is 5.96. The Hall–Kier alpha value is -1.96. The Morgan fingerprint density at radius 2 is 2.48 bits per heavy atom. The second-order valence-electron chi connectivity index (χ2n) is 4.79. The van der Waals surface area contributed by atoms with Crippen LogP contribution in [-0.2, 0) is 20.9 Å². The predicted molar refractivity (Wildman–Crippen MR) is 76.0 cm³/mol. The third-order valence-corrected chi connectivity index (χ3v) is 3.21. The number of anilines is 1. The number of amides is 1. The maximum Gasteiger partial charge on any atom is 0.243 e. The zero-order chi connectivity index (χ0) is 14.7. The molecule has 0 spiro atoms. The van der Waals surface area contributed by atoms with Gasteiger partial charge < -0.3 is 24.5 Å². The fourth-order valence-electron chi connectivity index (χ4n) is 2.20. The minimum atomic E-state index is -0.323. The standard InChI is InChI=1S/C14H17N3O4/c1-19-8-13-17-10-6-9(2-3-12(10)21-13)16-14(18)11-7-20-5-4-15-11/h2-3,6,11,15H,4-5,7-8H2,1H3,(H,16,18). The van der Waals surface area contributed by atoms with Gasteiger partial charge in [0.1, 0.15) is 18.2 Å². The number of aromatic nitrogens is 1. The van der Waals surface area contributed by atoms with Gasteiger partial charge in [0, 0.05) is 19.3 Å². The summed E-state index contributed by atoms with van der Waals surface area (Å²) in [5.74, 6) is 0.396. The van der Waals surface area contributed by atoms with E-state index in [1.165, 1.54) is 0 Å². The smallest absolute Gasteiger partial charge is 0.243 e. The van der Waals surface area contributed by atoms with Crippen molar-refractivity contribution in [3.05, 3.63) is 24.1 Å². The summed E-state index contributed by atoms with van der Waals surface area (Å²) < 4.78 is 15.8. The number of morpholine rings is 1. The van der Waals surface area contributed by atoms with Gasteiger partial charge >= 0.3 is 0 Å². The molecule has 1 unspecified atom stereocenters. The molecule has 2 aromatic rings. The fourth-order valence-corrected chi connectivity index (χ4v) is 2.20. The van der Waals surface area contributed by atoms with Gasteiger partial charge in [-0.15, -0.1) is 0 Å². The van der Waals surface area contributed by atoms with Crippen molar-refractivity contribution in [3.63, 3.8) is 0 Å². The molecule has 112 valence electrons. The van der Waals surface area contributed by atoms with E-state index in [2.05, 4.69) is 15.6 Å². The van der Waals surface area contributed by atoms with Crippen LogP contribution in [0.25, 0.3) is 11.1 Å². The molecule has 1 aliphatic rings. The van der Waals surface area contributed by atoms with Crippen molar-refractivity contribution in [2.45, 2.75) is 12.6 Å². The Kier molecular flexibility index (Phi) is 4.14. The van der Waals surface area contributed by atoms with Crippen LogP contribution >= 0.6 is 0 Å². The molecule has 0 aliphatic carbocycles. The number of nitrogens with one attached hydrogen (secondary N) is 2. The van der Waals surface area contributed by atoms with Crippen LogP contribution in [-0.4, -0.2) is 43.8 Å². The SMILES string of the molecule is COCc1nc2cc(NC(=O)C3COCCN3)ccc2o1. The van der Waals surface area contributed by atoms with Crippen LogP contribution in [0.15, 0.2) is 22.6 Å². The minimum Gasteiger partial charge on any atom is -0.438 e. The first-order valence-corrected chi connectivity index (χ1v) is 6.76. The molecule has 0 radical (unpaired) electrons. The van der Waals surface area contributed by atoms with E-state index in [4.69, 9.17) is 13.9 Å². The molecule has 2 heterocycles. The van der Waals surface area contributed by atoms with E-state index in [1.54, 1.807) is 25.3 Å². The number of ether oxygens (including phenoxy) is 2. The van der Waals surface area contributed by atoms with Gasteiger partial charge in [-0.25, -0.2) is 4.98 Å². The monoisotopic (exact) mass is 291 g/mol. The summed E-state index contributed by atoms with van der Waals surface area (Å²) in [6, 6.07) is 5.02. The topological polar surface area (TPSA) is 85.6 Å². The van der Waals surface area contributed by atoms with Crippen molar-refractivity contribution in [2.24, 2.45) is 0 Å². The molecular weight excluding hydrogens is 274 g/mol. The zero-order valence-electron chi connectivity index (χ0n) is 11.7. The van der Waals surface area contributed by atoms with Crippen molar-refractivity contribution in [1.82, 2.24) is 10.3 Å². The van der Waals surface area contributed by atoms with Gasteiger partial charge in [0.05, 0.1) is 13.2 Å². The lowest BCUT2D eigenvalue weighted by Gasteiger charge is -2.22. The summed E-state index contributed by atoms with van der Waals surface area (Å²) >= 11 is 0. The van der Waals surface area contributed by atoms with Crippen LogP contribution in [0.1, 0.15) is 5.89 Å². The number of carbonyl (C=O) groups excluding carboxylic acids is 1.